The molecule has 3 aromatic heterocycles. The summed E-state index contributed by atoms with van der Waals surface area (Å²) >= 11 is 0. The molecule has 1 aliphatic heterocycles. The first-order chi connectivity index (χ1) is 16.6. The minimum Gasteiger partial charge on any atom is -0.496 e. The number of rotatable bonds is 6. The van der Waals surface area contributed by atoms with E-state index in [-0.39, 0.29) is 11.8 Å². The molecule has 8 heteroatoms. The Bertz CT molecular complexity index is 1360. The zero-order valence-corrected chi connectivity index (χ0v) is 19.0. The summed E-state index contributed by atoms with van der Waals surface area (Å²) in [5.41, 5.74) is 11.0. The smallest absolute Gasteiger partial charge is 0.245 e. The van der Waals surface area contributed by atoms with Crippen LogP contribution in [0.15, 0.2) is 67.5 Å². The van der Waals surface area contributed by atoms with Gasteiger partial charge in [0.2, 0.25) is 11.9 Å². The minimum absolute atomic E-state index is 0.0550. The van der Waals surface area contributed by atoms with Crippen LogP contribution in [0.25, 0.3) is 16.9 Å². The molecule has 0 spiro atoms. The molecule has 0 saturated carbocycles. The van der Waals surface area contributed by atoms with Crippen LogP contribution in [0.5, 0.6) is 5.75 Å². The van der Waals surface area contributed by atoms with E-state index < -0.39 is 0 Å². The Morgan fingerprint density at radius 3 is 2.88 bits per heavy atom. The molecule has 5 rings (SSSR count). The first-order valence-electron chi connectivity index (χ1n) is 11.2. The van der Waals surface area contributed by atoms with E-state index in [1.165, 1.54) is 6.08 Å². The molecule has 0 bridgehead atoms. The quantitative estimate of drug-likeness (QED) is 0.448. The molecule has 1 saturated heterocycles. The van der Waals surface area contributed by atoms with Gasteiger partial charge in [-0.3, -0.25) is 14.2 Å². The van der Waals surface area contributed by atoms with Crippen molar-refractivity contribution in [2.24, 2.45) is 0 Å². The number of benzene rings is 1. The Labute approximate surface area is 197 Å². The van der Waals surface area contributed by atoms with E-state index in [4.69, 9.17) is 15.5 Å². The number of anilines is 1. The second kappa shape index (κ2) is 8.97. The molecule has 4 aromatic rings. The highest BCUT2D eigenvalue weighted by molar-refractivity contribution is 5.87. The molecule has 34 heavy (non-hydrogen) atoms. The first kappa shape index (κ1) is 21.6. The number of carbonyl (C=O) groups is 1. The number of ether oxygens (including phenoxy) is 1. The Morgan fingerprint density at radius 1 is 1.24 bits per heavy atom. The number of likely N-dealkylation sites (tertiary alicyclic amines) is 1. The van der Waals surface area contributed by atoms with Crippen molar-refractivity contribution in [2.45, 2.75) is 18.8 Å². The van der Waals surface area contributed by atoms with Crippen LogP contribution in [0.1, 0.15) is 29.3 Å². The minimum atomic E-state index is -0.0550. The number of aromatic nitrogens is 4. The lowest BCUT2D eigenvalue weighted by Crippen LogP contribution is -2.26. The van der Waals surface area contributed by atoms with Crippen molar-refractivity contribution in [3.05, 3.63) is 84.5 Å². The Hall–Kier alpha value is -4.20. The number of nitrogens with two attached hydrogens (primary N) is 1. The Balaban J connectivity index is 1.55. The van der Waals surface area contributed by atoms with Crippen molar-refractivity contribution in [1.82, 2.24) is 24.3 Å². The molecule has 0 radical (unpaired) electrons. The van der Waals surface area contributed by atoms with Gasteiger partial charge in [-0.1, -0.05) is 24.8 Å². The highest BCUT2D eigenvalue weighted by Crippen LogP contribution is 2.35. The van der Waals surface area contributed by atoms with Crippen LogP contribution in [0, 0.1) is 0 Å². The molecule has 1 unspecified atom stereocenters. The Kier molecular flexibility index (Phi) is 5.71. The predicted molar refractivity (Wildman–Crippen MR) is 131 cm³/mol. The number of nitrogens with zero attached hydrogens (tertiary/aromatic N) is 5. The van der Waals surface area contributed by atoms with Gasteiger partial charge in [0.25, 0.3) is 0 Å². The van der Waals surface area contributed by atoms with E-state index in [1.54, 1.807) is 19.5 Å². The number of nitrogen functional groups attached to an aromatic ring is 1. The van der Waals surface area contributed by atoms with Crippen LogP contribution in [-0.2, 0) is 11.2 Å². The van der Waals surface area contributed by atoms with Crippen molar-refractivity contribution >= 4 is 17.4 Å². The molecule has 1 atom stereocenters. The second-order valence-corrected chi connectivity index (χ2v) is 8.34. The number of methoxy groups -OCH3 is 1. The molecule has 1 aliphatic rings. The molecule has 172 valence electrons. The number of fused-ring (bicyclic) bond motifs is 1. The predicted octanol–water partition coefficient (Wildman–Crippen LogP) is 3.47. The lowest BCUT2D eigenvalue weighted by Gasteiger charge is -2.13. The largest absolute Gasteiger partial charge is 0.496 e. The van der Waals surface area contributed by atoms with Gasteiger partial charge in [0, 0.05) is 54.6 Å². The highest BCUT2D eigenvalue weighted by Gasteiger charge is 2.30. The normalized spacial score (nSPS) is 15.6. The van der Waals surface area contributed by atoms with Crippen LogP contribution in [-0.4, -0.2) is 50.4 Å². The molecular formula is C26H26N6O2. The average molecular weight is 455 g/mol. The second-order valence-electron chi connectivity index (χ2n) is 8.34. The van der Waals surface area contributed by atoms with Crippen LogP contribution in [0.3, 0.4) is 0 Å². The number of pyridine rings is 1. The third kappa shape index (κ3) is 3.87. The van der Waals surface area contributed by atoms with Crippen molar-refractivity contribution in [1.29, 1.82) is 0 Å². The van der Waals surface area contributed by atoms with E-state index in [9.17, 15) is 4.79 Å². The van der Waals surface area contributed by atoms with Crippen molar-refractivity contribution < 1.29 is 9.53 Å². The van der Waals surface area contributed by atoms with Gasteiger partial charge in [0.15, 0.2) is 0 Å². The van der Waals surface area contributed by atoms with E-state index in [0.717, 1.165) is 40.2 Å². The molecule has 2 N–H and O–H groups in total. The molecule has 1 aromatic carbocycles. The summed E-state index contributed by atoms with van der Waals surface area (Å²) in [5.74, 6) is 1.87. The van der Waals surface area contributed by atoms with Gasteiger partial charge < -0.3 is 15.4 Å². The van der Waals surface area contributed by atoms with Gasteiger partial charge >= 0.3 is 0 Å². The summed E-state index contributed by atoms with van der Waals surface area (Å²) in [6.45, 7) is 4.89. The van der Waals surface area contributed by atoms with Crippen LogP contribution in [0.2, 0.25) is 0 Å². The standard InChI is InChI=1S/C26H26N6O2/c1-3-23(33)31-13-10-19(16-31)24-21-9-12-29-26(27)32(21)25(30-24)18-8-7-17(22(15-18)34-2)14-20-6-4-5-11-28-20/h3-9,11-12,15,19H,1,10,13-14,16H2,2H3,(H2,27,29). The lowest BCUT2D eigenvalue weighted by atomic mass is 10.0. The summed E-state index contributed by atoms with van der Waals surface area (Å²) in [6.07, 6.45) is 6.34. The molecule has 0 aliphatic carbocycles. The van der Waals surface area contributed by atoms with Crippen molar-refractivity contribution in [3.8, 4) is 17.1 Å². The van der Waals surface area contributed by atoms with Crippen LogP contribution in [0.4, 0.5) is 5.95 Å². The fraction of sp³-hybridized carbons (Fsp3) is 0.231. The zero-order chi connectivity index (χ0) is 23.7. The summed E-state index contributed by atoms with van der Waals surface area (Å²) in [6, 6.07) is 13.8. The summed E-state index contributed by atoms with van der Waals surface area (Å²) in [5, 5.41) is 0. The summed E-state index contributed by atoms with van der Waals surface area (Å²) < 4.78 is 7.59. The van der Waals surface area contributed by atoms with E-state index in [0.29, 0.717) is 31.3 Å². The lowest BCUT2D eigenvalue weighted by molar-refractivity contribution is -0.125. The van der Waals surface area contributed by atoms with E-state index in [1.807, 2.05) is 51.8 Å². The third-order valence-corrected chi connectivity index (χ3v) is 6.31. The van der Waals surface area contributed by atoms with Gasteiger partial charge in [0.1, 0.15) is 11.6 Å². The van der Waals surface area contributed by atoms with E-state index in [2.05, 4.69) is 16.5 Å². The first-order valence-corrected chi connectivity index (χ1v) is 11.2. The van der Waals surface area contributed by atoms with Crippen LogP contribution >= 0.6 is 0 Å². The van der Waals surface area contributed by atoms with E-state index >= 15 is 0 Å². The van der Waals surface area contributed by atoms with Gasteiger partial charge in [-0.05, 0) is 36.8 Å². The molecule has 8 nitrogen and oxygen atoms in total. The average Bonchev–Trinajstić information content (AvgIpc) is 3.50. The number of amides is 1. The SMILES string of the molecule is C=CC(=O)N1CCC(c2nc(-c3ccc(Cc4ccccn4)c(OC)c3)n3c(N)nccc23)C1. The maximum absolute atomic E-state index is 12.1. The van der Waals surface area contributed by atoms with Crippen LogP contribution < -0.4 is 10.5 Å². The maximum Gasteiger partial charge on any atom is 0.245 e. The van der Waals surface area contributed by atoms with Crippen molar-refractivity contribution in [2.75, 3.05) is 25.9 Å². The monoisotopic (exact) mass is 454 g/mol. The number of hydrogen-bond acceptors (Lipinski definition) is 6. The van der Waals surface area contributed by atoms with Gasteiger partial charge in [-0.2, -0.15) is 0 Å². The topological polar surface area (TPSA) is 98.6 Å². The summed E-state index contributed by atoms with van der Waals surface area (Å²) in [4.78, 5) is 27.6. The Morgan fingerprint density at radius 2 is 2.12 bits per heavy atom. The van der Waals surface area contributed by atoms with Gasteiger partial charge in [-0.25, -0.2) is 9.97 Å². The number of carbonyl (C=O) groups excluding carboxylic acids is 1. The maximum atomic E-state index is 12.1. The molecule has 1 amide bonds. The zero-order valence-electron chi connectivity index (χ0n) is 19.0. The van der Waals surface area contributed by atoms with Gasteiger partial charge in [-0.15, -0.1) is 0 Å². The summed E-state index contributed by atoms with van der Waals surface area (Å²) in [7, 11) is 1.66. The highest BCUT2D eigenvalue weighted by atomic mass is 16.5. The van der Waals surface area contributed by atoms with Gasteiger partial charge in [0.05, 0.1) is 18.3 Å². The fourth-order valence-electron chi connectivity index (χ4n) is 4.62. The molecular weight excluding hydrogens is 428 g/mol. The molecule has 4 heterocycles. The number of imidazole rings is 1. The number of hydrogen-bond donors (Lipinski definition) is 1. The molecule has 1 fully saturated rings. The fourth-order valence-corrected chi connectivity index (χ4v) is 4.62. The third-order valence-electron chi connectivity index (χ3n) is 6.31. The van der Waals surface area contributed by atoms with Crippen molar-refractivity contribution in [3.63, 3.8) is 0 Å².